The van der Waals surface area contributed by atoms with Crippen LogP contribution < -0.4 is 31.1 Å². The molecule has 18 heteroatoms. The highest BCUT2D eigenvalue weighted by Crippen LogP contribution is 2.46. The van der Waals surface area contributed by atoms with Crippen molar-refractivity contribution in [2.75, 3.05) is 54.9 Å². The second-order valence-corrected chi connectivity index (χ2v) is 18.2. The number of aromatic nitrogens is 5. The molecule has 326 valence electrons. The van der Waals surface area contributed by atoms with Crippen molar-refractivity contribution in [3.63, 3.8) is 0 Å². The number of amides is 2. The number of rotatable bonds is 8. The first-order valence-electron chi connectivity index (χ1n) is 21.4. The summed E-state index contributed by atoms with van der Waals surface area (Å²) in [5.41, 5.74) is 2.35. The van der Waals surface area contributed by atoms with E-state index in [1.807, 2.05) is 22.7 Å². The summed E-state index contributed by atoms with van der Waals surface area (Å²) in [6.45, 7) is 1.89. The molecule has 1 saturated carbocycles. The van der Waals surface area contributed by atoms with Gasteiger partial charge in [0.05, 0.1) is 40.6 Å². The smallest absolute Gasteiger partial charge is 0.301 e. The van der Waals surface area contributed by atoms with Crippen LogP contribution in [0.2, 0.25) is 5.02 Å². The third kappa shape index (κ3) is 7.50. The highest BCUT2D eigenvalue weighted by atomic mass is 35.5. The molecule has 3 aromatic heterocycles. The lowest BCUT2D eigenvalue weighted by atomic mass is 9.86. The van der Waals surface area contributed by atoms with Crippen molar-refractivity contribution >= 4 is 68.4 Å². The maximum atomic E-state index is 16.5. The number of carbonyl (C=O) groups is 2. The lowest BCUT2D eigenvalue weighted by Crippen LogP contribution is -2.50. The zero-order chi connectivity index (χ0) is 43.1. The van der Waals surface area contributed by atoms with Crippen LogP contribution in [0.15, 0.2) is 47.4 Å². The van der Waals surface area contributed by atoms with Gasteiger partial charge in [0.25, 0.3) is 5.56 Å². The Labute approximate surface area is 360 Å². The first-order valence-corrected chi connectivity index (χ1v) is 21.8. The molecular formula is C44H48ClF3N10O4. The predicted octanol–water partition coefficient (Wildman–Crippen LogP) is 6.54. The normalized spacial score (nSPS) is 23.1. The van der Waals surface area contributed by atoms with Gasteiger partial charge in [-0.1, -0.05) is 23.7 Å². The minimum Gasteiger partial charge on any atom is -0.480 e. The zero-order valence-corrected chi connectivity index (χ0v) is 35.3. The van der Waals surface area contributed by atoms with Crippen molar-refractivity contribution in [1.82, 2.24) is 34.5 Å². The first kappa shape index (κ1) is 40.6. The molecule has 3 saturated heterocycles. The molecule has 7 heterocycles. The third-order valence-corrected chi connectivity index (χ3v) is 13.9. The third-order valence-electron chi connectivity index (χ3n) is 13.6. The molecule has 0 spiro atoms. The standard InChI is InChI=1S/C44H48ClF3N10O4/c1-55-32-9-6-27(20-30(32)36-37(41(55)61)62-23-44(47,48)38(52-36)25-3-4-25)50-39-31(45)21-49-42(53-39)58-17-13-43(46,14-18-58)22-57-15-11-24(12-16-57)26-5-7-28-33(19-26)56(2)54-35(28)29-8-10-34(59)51-40(29)60/h5-7,9,19-21,24-25,29,38,52H,3-4,8,10-18,22-23H2,1-2H3,(H,49,50,53)(H,51,59,60). The zero-order valence-electron chi connectivity index (χ0n) is 34.5. The number of aryl methyl sites for hydroxylation is 2. The number of nitrogens with one attached hydrogen (secondary N) is 3. The number of fused-ring (bicyclic) bond motifs is 4. The van der Waals surface area contributed by atoms with Gasteiger partial charge >= 0.3 is 5.92 Å². The van der Waals surface area contributed by atoms with E-state index in [9.17, 15) is 14.4 Å². The Bertz CT molecular complexity index is 2670. The van der Waals surface area contributed by atoms with Crippen LogP contribution >= 0.6 is 11.6 Å². The molecule has 14 nitrogen and oxygen atoms in total. The number of anilines is 4. The van der Waals surface area contributed by atoms with Gasteiger partial charge in [-0.15, -0.1) is 0 Å². The molecule has 62 heavy (non-hydrogen) atoms. The maximum Gasteiger partial charge on any atom is 0.301 e. The van der Waals surface area contributed by atoms with E-state index in [4.69, 9.17) is 26.4 Å². The predicted molar refractivity (Wildman–Crippen MR) is 230 cm³/mol. The monoisotopic (exact) mass is 872 g/mol. The molecule has 2 amide bonds. The van der Waals surface area contributed by atoms with Crippen LogP contribution in [-0.4, -0.2) is 98.0 Å². The average Bonchev–Trinajstić information content (AvgIpc) is 4.06. The highest BCUT2D eigenvalue weighted by Gasteiger charge is 2.51. The molecule has 2 unspecified atom stereocenters. The summed E-state index contributed by atoms with van der Waals surface area (Å²) >= 11 is 6.59. The molecule has 2 atom stereocenters. The SMILES string of the molecule is Cn1nc(C2CCC(=O)NC2=O)c2ccc(C3CCN(CC4(F)CCN(c5ncc(Cl)c(Nc6ccc7c(c6)c6c(c(=O)n7C)OCC(F)(F)C(C7CC7)N6)n5)CC4)CC3)cc21. The number of hydrogen-bond acceptors (Lipinski definition) is 11. The Morgan fingerprint density at radius 2 is 1.71 bits per heavy atom. The van der Waals surface area contributed by atoms with E-state index in [-0.39, 0.29) is 34.2 Å². The number of carbonyl (C=O) groups excluding carboxylic acids is 2. The van der Waals surface area contributed by atoms with Crippen molar-refractivity contribution < 1.29 is 27.5 Å². The molecule has 4 aliphatic heterocycles. The molecule has 0 radical (unpaired) electrons. The van der Waals surface area contributed by atoms with Gasteiger partial charge in [0.1, 0.15) is 10.7 Å². The number of hydrogen-bond donors (Lipinski definition) is 3. The maximum absolute atomic E-state index is 16.5. The van der Waals surface area contributed by atoms with Crippen LogP contribution in [0, 0.1) is 5.92 Å². The van der Waals surface area contributed by atoms with Crippen molar-refractivity contribution in [2.24, 2.45) is 20.0 Å². The van der Waals surface area contributed by atoms with Crippen molar-refractivity contribution in [1.29, 1.82) is 0 Å². The second-order valence-electron chi connectivity index (χ2n) is 17.8. The van der Waals surface area contributed by atoms with E-state index in [2.05, 4.69) is 38.0 Å². The fraction of sp³-hybridized carbons (Fsp3) is 0.500. The van der Waals surface area contributed by atoms with E-state index in [1.165, 1.54) is 16.3 Å². The molecule has 2 aromatic carbocycles. The molecule has 3 N–H and O–H groups in total. The molecule has 1 aliphatic carbocycles. The van der Waals surface area contributed by atoms with Crippen LogP contribution in [0.1, 0.15) is 74.5 Å². The van der Waals surface area contributed by atoms with E-state index < -0.39 is 35.7 Å². The van der Waals surface area contributed by atoms with Gasteiger partial charge in [-0.2, -0.15) is 10.1 Å². The number of piperidine rings is 3. The minimum absolute atomic E-state index is 0.135. The van der Waals surface area contributed by atoms with Gasteiger partial charge in [-0.3, -0.25) is 24.4 Å². The molecular weight excluding hydrogens is 825 g/mol. The molecule has 5 aliphatic rings. The lowest BCUT2D eigenvalue weighted by Gasteiger charge is -2.41. The number of alkyl halides is 3. The Kier molecular flexibility index (Phi) is 10.1. The summed E-state index contributed by atoms with van der Waals surface area (Å²) in [6, 6.07) is 10.4. The van der Waals surface area contributed by atoms with Gasteiger partial charge in [-0.25, -0.2) is 18.2 Å². The van der Waals surface area contributed by atoms with Crippen LogP contribution in [0.4, 0.5) is 36.3 Å². The van der Waals surface area contributed by atoms with Gasteiger partial charge in [-0.05, 0) is 86.9 Å². The fourth-order valence-electron chi connectivity index (χ4n) is 9.88. The number of ether oxygens (including phenoxy) is 1. The number of likely N-dealkylation sites (tertiary alicyclic amines) is 1. The fourth-order valence-corrected chi connectivity index (χ4v) is 10.0. The highest BCUT2D eigenvalue weighted by molar-refractivity contribution is 6.33. The Morgan fingerprint density at radius 3 is 2.45 bits per heavy atom. The molecule has 5 aromatic rings. The van der Waals surface area contributed by atoms with Gasteiger partial charge in [0.15, 0.2) is 12.4 Å². The number of halogens is 4. The minimum atomic E-state index is -3.15. The van der Waals surface area contributed by atoms with E-state index in [0.717, 1.165) is 36.8 Å². The van der Waals surface area contributed by atoms with Crippen LogP contribution in [0.3, 0.4) is 0 Å². The van der Waals surface area contributed by atoms with Gasteiger partial charge in [0, 0.05) is 69.5 Å². The summed E-state index contributed by atoms with van der Waals surface area (Å²) in [6.07, 6.45) is 6.06. The Morgan fingerprint density at radius 1 is 0.935 bits per heavy atom. The molecule has 10 rings (SSSR count). The lowest BCUT2D eigenvalue weighted by molar-refractivity contribution is -0.134. The topological polar surface area (TPSA) is 152 Å². The number of nitrogens with zero attached hydrogens (tertiary/aromatic N) is 7. The van der Waals surface area contributed by atoms with Gasteiger partial charge < -0.3 is 29.7 Å². The Hall–Kier alpha value is -5.42. The second kappa shape index (κ2) is 15.4. The van der Waals surface area contributed by atoms with Gasteiger partial charge in [0.2, 0.25) is 23.5 Å². The number of imide groups is 1. The average molecular weight is 873 g/mol. The summed E-state index contributed by atoms with van der Waals surface area (Å²) in [5, 5.41) is 15.1. The number of pyridine rings is 1. The molecule has 0 bridgehead atoms. The van der Waals surface area contributed by atoms with Crippen molar-refractivity contribution in [2.45, 2.75) is 80.8 Å². The first-order chi connectivity index (χ1) is 29.7. The van der Waals surface area contributed by atoms with E-state index in [1.54, 1.807) is 25.2 Å². The van der Waals surface area contributed by atoms with E-state index in [0.29, 0.717) is 98.1 Å². The van der Waals surface area contributed by atoms with Crippen molar-refractivity contribution in [3.8, 4) is 5.75 Å². The summed E-state index contributed by atoms with van der Waals surface area (Å²) < 4.78 is 55.5. The summed E-state index contributed by atoms with van der Waals surface area (Å²) in [4.78, 5) is 51.0. The van der Waals surface area contributed by atoms with Crippen LogP contribution in [0.25, 0.3) is 21.8 Å². The molecule has 4 fully saturated rings. The van der Waals surface area contributed by atoms with Crippen molar-refractivity contribution in [3.05, 3.63) is 69.2 Å². The summed E-state index contributed by atoms with van der Waals surface area (Å²) in [7, 11) is 3.46. The van der Waals surface area contributed by atoms with Crippen LogP contribution in [0.5, 0.6) is 5.75 Å². The largest absolute Gasteiger partial charge is 0.480 e. The summed E-state index contributed by atoms with van der Waals surface area (Å²) in [5.74, 6) is -3.42. The van der Waals surface area contributed by atoms with E-state index >= 15 is 13.2 Å². The van der Waals surface area contributed by atoms with Crippen LogP contribution in [-0.2, 0) is 23.7 Å². The number of benzene rings is 2. The quantitative estimate of drug-likeness (QED) is 0.146. The Balaban J connectivity index is 0.777.